The van der Waals surface area contributed by atoms with E-state index < -0.39 is 0 Å². The average Bonchev–Trinajstić information content (AvgIpc) is 3.30. The first-order valence-corrected chi connectivity index (χ1v) is 10.1. The standard InChI is InChI=1S/C18H28N6OS.HI/c1-4-17-22-15(13-26-17)6-7-20-18(19-5-2)24-8-9-25-16(12-24)14-10-21-23(3)11-14;/h10-11,13,16H,4-9,12H2,1-3H3,(H,19,20);1H. The van der Waals surface area contributed by atoms with Crippen LogP contribution in [-0.4, -0.2) is 58.4 Å². The van der Waals surface area contributed by atoms with Gasteiger partial charge in [0.25, 0.3) is 0 Å². The molecule has 0 amide bonds. The summed E-state index contributed by atoms with van der Waals surface area (Å²) in [5.41, 5.74) is 2.25. The van der Waals surface area contributed by atoms with Gasteiger partial charge in [-0.15, -0.1) is 35.3 Å². The Balaban J connectivity index is 0.00000261. The number of aromatic nitrogens is 3. The lowest BCUT2D eigenvalue weighted by molar-refractivity contribution is -0.00803. The SMILES string of the molecule is CCNC(=NCCc1csc(CC)n1)N1CCOC(c2cnn(C)c2)C1.I. The molecule has 3 heterocycles. The van der Waals surface area contributed by atoms with Crippen molar-refractivity contribution in [1.82, 2.24) is 25.0 Å². The van der Waals surface area contributed by atoms with Crippen LogP contribution in [0, 0.1) is 0 Å². The molecule has 7 nitrogen and oxygen atoms in total. The van der Waals surface area contributed by atoms with Gasteiger partial charge in [0, 0.05) is 50.2 Å². The number of aryl methyl sites for hydroxylation is 2. The van der Waals surface area contributed by atoms with E-state index in [1.54, 1.807) is 11.3 Å². The summed E-state index contributed by atoms with van der Waals surface area (Å²) in [5.74, 6) is 0.954. The van der Waals surface area contributed by atoms with E-state index in [4.69, 9.17) is 9.73 Å². The zero-order valence-corrected chi connectivity index (χ0v) is 19.4. The van der Waals surface area contributed by atoms with Gasteiger partial charge in [0.2, 0.25) is 0 Å². The van der Waals surface area contributed by atoms with Crippen LogP contribution in [0.15, 0.2) is 22.8 Å². The van der Waals surface area contributed by atoms with Gasteiger partial charge in [0.1, 0.15) is 6.10 Å². The van der Waals surface area contributed by atoms with Gasteiger partial charge >= 0.3 is 0 Å². The van der Waals surface area contributed by atoms with Crippen LogP contribution in [0.2, 0.25) is 0 Å². The van der Waals surface area contributed by atoms with Crippen LogP contribution in [0.4, 0.5) is 0 Å². The van der Waals surface area contributed by atoms with Crippen molar-refractivity contribution in [2.75, 3.05) is 32.8 Å². The molecule has 1 saturated heterocycles. The van der Waals surface area contributed by atoms with Crippen LogP contribution in [0.25, 0.3) is 0 Å². The Morgan fingerprint density at radius 3 is 2.96 bits per heavy atom. The number of nitrogens with zero attached hydrogens (tertiary/aromatic N) is 5. The summed E-state index contributed by atoms with van der Waals surface area (Å²) in [6, 6.07) is 0. The Hall–Kier alpha value is -1.20. The number of aliphatic imine (C=N–C) groups is 1. The van der Waals surface area contributed by atoms with Crippen molar-refractivity contribution in [2.24, 2.45) is 12.0 Å². The molecule has 27 heavy (non-hydrogen) atoms. The maximum Gasteiger partial charge on any atom is 0.194 e. The van der Waals surface area contributed by atoms with Crippen molar-refractivity contribution < 1.29 is 4.74 Å². The molecule has 2 aromatic rings. The molecule has 9 heteroatoms. The first-order chi connectivity index (χ1) is 12.7. The highest BCUT2D eigenvalue weighted by atomic mass is 127. The molecule has 0 radical (unpaired) electrons. The third-order valence-corrected chi connectivity index (χ3v) is 5.37. The molecule has 1 atom stereocenters. The fourth-order valence-electron chi connectivity index (χ4n) is 2.98. The average molecular weight is 504 g/mol. The minimum absolute atomic E-state index is 0. The predicted molar refractivity (Wildman–Crippen MR) is 120 cm³/mol. The molecular formula is C18H29IN6OS. The zero-order valence-electron chi connectivity index (χ0n) is 16.2. The lowest BCUT2D eigenvalue weighted by atomic mass is 10.1. The number of hydrogen-bond donors (Lipinski definition) is 1. The molecule has 3 rings (SSSR count). The second-order valence-corrected chi connectivity index (χ2v) is 7.27. The van der Waals surface area contributed by atoms with E-state index in [2.05, 4.69) is 39.5 Å². The molecule has 0 saturated carbocycles. The van der Waals surface area contributed by atoms with E-state index in [0.29, 0.717) is 6.61 Å². The number of nitrogens with one attached hydrogen (secondary N) is 1. The summed E-state index contributed by atoms with van der Waals surface area (Å²) in [6.45, 7) is 8.15. The quantitative estimate of drug-likeness (QED) is 0.372. The number of halogens is 1. The van der Waals surface area contributed by atoms with Gasteiger partial charge in [0.05, 0.1) is 30.1 Å². The molecule has 1 fully saturated rings. The van der Waals surface area contributed by atoms with Crippen LogP contribution in [0.1, 0.15) is 36.2 Å². The van der Waals surface area contributed by atoms with Gasteiger partial charge in [-0.1, -0.05) is 6.92 Å². The van der Waals surface area contributed by atoms with Crippen molar-refractivity contribution in [3.8, 4) is 0 Å². The highest BCUT2D eigenvalue weighted by Crippen LogP contribution is 2.21. The van der Waals surface area contributed by atoms with Crippen molar-refractivity contribution in [3.63, 3.8) is 0 Å². The predicted octanol–water partition coefficient (Wildman–Crippen LogP) is 2.64. The number of morpholine rings is 1. The molecule has 1 unspecified atom stereocenters. The highest BCUT2D eigenvalue weighted by molar-refractivity contribution is 14.0. The Morgan fingerprint density at radius 2 is 2.30 bits per heavy atom. The van der Waals surface area contributed by atoms with Gasteiger partial charge in [0.15, 0.2) is 5.96 Å². The van der Waals surface area contributed by atoms with Crippen molar-refractivity contribution in [1.29, 1.82) is 0 Å². The van der Waals surface area contributed by atoms with Crippen LogP contribution in [0.5, 0.6) is 0 Å². The van der Waals surface area contributed by atoms with Gasteiger partial charge in [-0.2, -0.15) is 5.10 Å². The number of rotatable bonds is 6. The molecule has 0 bridgehead atoms. The lowest BCUT2D eigenvalue weighted by Crippen LogP contribution is -2.48. The third-order valence-electron chi connectivity index (χ3n) is 4.33. The molecule has 1 N–H and O–H groups in total. The summed E-state index contributed by atoms with van der Waals surface area (Å²) in [5, 5.41) is 11.0. The van der Waals surface area contributed by atoms with Gasteiger partial charge in [-0.05, 0) is 13.3 Å². The molecule has 0 spiro atoms. The Labute approximate surface area is 182 Å². The van der Waals surface area contributed by atoms with E-state index in [1.165, 1.54) is 5.01 Å². The van der Waals surface area contributed by atoms with E-state index >= 15 is 0 Å². The normalized spacial score (nSPS) is 17.7. The van der Waals surface area contributed by atoms with Crippen LogP contribution < -0.4 is 5.32 Å². The second-order valence-electron chi connectivity index (χ2n) is 6.32. The monoisotopic (exact) mass is 504 g/mol. The third kappa shape index (κ3) is 6.15. The lowest BCUT2D eigenvalue weighted by Gasteiger charge is -2.34. The van der Waals surface area contributed by atoms with Gasteiger partial charge in [-0.3, -0.25) is 9.67 Å². The summed E-state index contributed by atoms with van der Waals surface area (Å²) < 4.78 is 7.75. The van der Waals surface area contributed by atoms with E-state index in [0.717, 1.165) is 56.2 Å². The molecule has 2 aromatic heterocycles. The van der Waals surface area contributed by atoms with Gasteiger partial charge < -0.3 is 15.0 Å². The molecule has 0 aromatic carbocycles. The molecule has 0 aliphatic carbocycles. The smallest absolute Gasteiger partial charge is 0.194 e. The summed E-state index contributed by atoms with van der Waals surface area (Å²) >= 11 is 1.74. The fourth-order valence-corrected chi connectivity index (χ4v) is 3.76. The van der Waals surface area contributed by atoms with Crippen LogP contribution in [0.3, 0.4) is 0 Å². The number of hydrogen-bond acceptors (Lipinski definition) is 5. The maximum atomic E-state index is 5.94. The van der Waals surface area contributed by atoms with Crippen molar-refractivity contribution in [2.45, 2.75) is 32.8 Å². The van der Waals surface area contributed by atoms with Crippen LogP contribution in [-0.2, 0) is 24.6 Å². The van der Waals surface area contributed by atoms with Gasteiger partial charge in [-0.25, -0.2) is 4.98 Å². The number of ether oxygens (including phenoxy) is 1. The van der Waals surface area contributed by atoms with E-state index in [-0.39, 0.29) is 30.1 Å². The zero-order chi connectivity index (χ0) is 18.4. The minimum atomic E-state index is 0. The van der Waals surface area contributed by atoms with E-state index in [1.807, 2.05) is 24.1 Å². The summed E-state index contributed by atoms with van der Waals surface area (Å²) in [7, 11) is 1.93. The molecule has 1 aliphatic rings. The Kier molecular flexibility index (Phi) is 8.97. The second kappa shape index (κ2) is 11.0. The number of guanidine groups is 1. The molecule has 1 aliphatic heterocycles. The summed E-state index contributed by atoms with van der Waals surface area (Å²) in [4.78, 5) is 11.7. The fraction of sp³-hybridized carbons (Fsp3) is 0.611. The Bertz CT molecular complexity index is 731. The largest absolute Gasteiger partial charge is 0.370 e. The van der Waals surface area contributed by atoms with Crippen LogP contribution >= 0.6 is 35.3 Å². The maximum absolute atomic E-state index is 5.94. The molecular weight excluding hydrogens is 475 g/mol. The number of thiazole rings is 1. The minimum Gasteiger partial charge on any atom is -0.370 e. The van der Waals surface area contributed by atoms with Crippen molar-refractivity contribution >= 4 is 41.3 Å². The summed E-state index contributed by atoms with van der Waals surface area (Å²) in [6.07, 6.45) is 5.81. The first kappa shape index (κ1) is 22.1. The van der Waals surface area contributed by atoms with Crippen molar-refractivity contribution in [3.05, 3.63) is 34.0 Å². The van der Waals surface area contributed by atoms with E-state index in [9.17, 15) is 0 Å². The highest BCUT2D eigenvalue weighted by Gasteiger charge is 2.25. The Morgan fingerprint density at radius 1 is 1.44 bits per heavy atom. The topological polar surface area (TPSA) is 67.6 Å². The molecule has 150 valence electrons. The first-order valence-electron chi connectivity index (χ1n) is 9.26.